The molecule has 0 aliphatic carbocycles. The normalized spacial score (nSPS) is 17.9. The summed E-state index contributed by atoms with van der Waals surface area (Å²) in [7, 11) is 1.64. The predicted molar refractivity (Wildman–Crippen MR) is 79.1 cm³/mol. The van der Waals surface area contributed by atoms with E-state index >= 15 is 0 Å². The third-order valence-corrected chi connectivity index (χ3v) is 3.19. The Kier molecular flexibility index (Phi) is 1.19. The van der Waals surface area contributed by atoms with E-state index < -0.39 is 5.41 Å². The number of hydrogen-bond acceptors (Lipinski definition) is 0. The average molecular weight is 244 g/mol. The molecule has 3 aromatic rings. The molecule has 0 N–H and O–H groups in total. The van der Waals surface area contributed by atoms with Gasteiger partial charge in [0.2, 0.25) is 0 Å². The van der Waals surface area contributed by atoms with Crippen molar-refractivity contribution in [1.82, 2.24) is 4.57 Å². The summed E-state index contributed by atoms with van der Waals surface area (Å²) in [6.45, 7) is 5.69. The Morgan fingerprint density at radius 1 is 0.944 bits per heavy atom. The minimum absolute atomic E-state index is 0.0649. The fraction of sp³-hybridized carbons (Fsp3) is 0.294. The van der Waals surface area contributed by atoms with E-state index in [0.29, 0.717) is 27.4 Å². The molecule has 1 nitrogen and oxygen atoms in total. The molecule has 2 aromatic carbocycles. The first-order valence-electron chi connectivity index (χ1n) is 9.39. The van der Waals surface area contributed by atoms with E-state index in [0.717, 1.165) is 0 Å². The van der Waals surface area contributed by atoms with Crippen LogP contribution in [0, 0.1) is 0 Å². The molecule has 0 radical (unpaired) electrons. The van der Waals surface area contributed by atoms with Gasteiger partial charge in [0.05, 0.1) is 9.60 Å². The molecule has 1 aromatic heterocycles. The van der Waals surface area contributed by atoms with Crippen molar-refractivity contribution in [2.24, 2.45) is 7.05 Å². The van der Waals surface area contributed by atoms with Gasteiger partial charge in [-0.2, -0.15) is 0 Å². The highest BCUT2D eigenvalue weighted by molar-refractivity contribution is 6.10. The van der Waals surface area contributed by atoms with Gasteiger partial charge in [0.1, 0.15) is 0 Å². The average Bonchev–Trinajstić information content (AvgIpc) is 2.80. The molecule has 92 valence electrons. The molecule has 0 saturated carbocycles. The van der Waals surface area contributed by atoms with Crippen molar-refractivity contribution in [3.63, 3.8) is 0 Å². The predicted octanol–water partition coefficient (Wildman–Crippen LogP) is 4.63. The van der Waals surface area contributed by atoms with Gasteiger partial charge in [0, 0.05) is 28.9 Å². The quantitative estimate of drug-likeness (QED) is 0.543. The van der Waals surface area contributed by atoms with Crippen LogP contribution in [0.1, 0.15) is 35.9 Å². The van der Waals surface area contributed by atoms with Crippen molar-refractivity contribution in [3.05, 3.63) is 47.9 Å². The highest BCUT2D eigenvalue weighted by atomic mass is 14.9. The van der Waals surface area contributed by atoms with Gasteiger partial charge in [-0.15, -0.1) is 0 Å². The van der Waals surface area contributed by atoms with Gasteiger partial charge in [0.15, 0.2) is 0 Å². The third-order valence-electron chi connectivity index (χ3n) is 3.19. The van der Waals surface area contributed by atoms with Crippen molar-refractivity contribution in [2.75, 3.05) is 0 Å². The zero-order valence-electron chi connectivity index (χ0n) is 17.9. The summed E-state index contributed by atoms with van der Waals surface area (Å²) in [5.41, 5.74) is 0.667. The summed E-state index contributed by atoms with van der Waals surface area (Å²) in [6, 6.07) is -1.41. The highest BCUT2D eigenvalue weighted by Gasteiger charge is 2.19. The van der Waals surface area contributed by atoms with Crippen LogP contribution in [0.4, 0.5) is 0 Å². The zero-order chi connectivity index (χ0) is 19.0. The molecule has 0 unspecified atom stereocenters. The molecule has 0 atom stereocenters. The van der Waals surface area contributed by atoms with E-state index in [1.807, 2.05) is 20.8 Å². The molecule has 0 fully saturated rings. The second kappa shape index (κ2) is 3.61. The summed E-state index contributed by atoms with van der Waals surface area (Å²) < 4.78 is 58.9. The van der Waals surface area contributed by atoms with Crippen LogP contribution in [-0.2, 0) is 12.5 Å². The number of fused-ring (bicyclic) bond motifs is 3. The number of hydrogen-bond donors (Lipinski definition) is 0. The molecule has 1 heteroatoms. The first kappa shape index (κ1) is 5.92. The maximum absolute atomic E-state index is 8.37. The topological polar surface area (TPSA) is 4.93 Å². The number of para-hydroxylation sites is 1. The largest absolute Gasteiger partial charge is 0.344 e. The number of nitrogens with zero attached hydrogens (tertiary/aromatic N) is 1. The third kappa shape index (κ3) is 1.47. The first-order chi connectivity index (χ1) is 11.4. The van der Waals surface area contributed by atoms with E-state index in [9.17, 15) is 0 Å². The van der Waals surface area contributed by atoms with E-state index in [1.165, 1.54) is 0 Å². The van der Waals surface area contributed by atoms with Crippen LogP contribution in [-0.4, -0.2) is 4.57 Å². The Morgan fingerprint density at radius 3 is 2.33 bits per heavy atom. The summed E-state index contributed by atoms with van der Waals surface area (Å²) in [5, 5.41) is 0.790. The second-order valence-corrected chi connectivity index (χ2v) is 5.51. The minimum atomic E-state index is -0.524. The second-order valence-electron chi connectivity index (χ2n) is 5.51. The van der Waals surface area contributed by atoms with Gasteiger partial charge in [-0.05, 0) is 23.1 Å². The standard InChI is InChI=1S/C17H19N/c1-17(2,3)13-9-7-11-15-16(13)12-8-5-6-10-14(12)18(15)4/h5-11H,1-4H3/i5D,6D,7D,8D,9D,10D,11D. The molecule has 0 aliphatic rings. The Balaban J connectivity index is 2.84. The molecule has 18 heavy (non-hydrogen) atoms. The summed E-state index contributed by atoms with van der Waals surface area (Å²) >= 11 is 0. The number of rotatable bonds is 0. The molecule has 0 spiro atoms. The fourth-order valence-electron chi connectivity index (χ4n) is 2.30. The molecule has 3 rings (SSSR count). The van der Waals surface area contributed by atoms with Crippen LogP contribution in [0.25, 0.3) is 21.8 Å². The Labute approximate surface area is 118 Å². The van der Waals surface area contributed by atoms with Crippen LogP contribution in [0.15, 0.2) is 42.3 Å². The zero-order valence-corrected chi connectivity index (χ0v) is 10.9. The van der Waals surface area contributed by atoms with Gasteiger partial charge < -0.3 is 4.57 Å². The SMILES string of the molecule is [2H]c1c([2H])c([2H])c2c(c1[2H])c1c(C(C)(C)C)c([2H])c([2H])c([2H])c1n2C. The number of aromatic nitrogens is 1. The monoisotopic (exact) mass is 244 g/mol. The Bertz CT molecular complexity index is 1060. The lowest BCUT2D eigenvalue weighted by molar-refractivity contribution is 0.596. The number of benzene rings is 2. The van der Waals surface area contributed by atoms with Crippen LogP contribution in [0.3, 0.4) is 0 Å². The molecular weight excluding hydrogens is 218 g/mol. The van der Waals surface area contributed by atoms with E-state index in [4.69, 9.17) is 9.60 Å². The summed E-state index contributed by atoms with van der Waals surface area (Å²) in [4.78, 5) is 0. The maximum Gasteiger partial charge on any atom is 0.0645 e. The lowest BCUT2D eigenvalue weighted by Gasteiger charge is -2.20. The lowest BCUT2D eigenvalue weighted by atomic mass is 9.84. The van der Waals surface area contributed by atoms with Gasteiger partial charge >= 0.3 is 0 Å². The van der Waals surface area contributed by atoms with E-state index in [-0.39, 0.29) is 42.3 Å². The fourth-order valence-corrected chi connectivity index (χ4v) is 2.30. The Hall–Kier alpha value is -1.76. The molecule has 0 bridgehead atoms. The summed E-state index contributed by atoms with van der Waals surface area (Å²) in [6.07, 6.45) is 0. The summed E-state index contributed by atoms with van der Waals surface area (Å²) in [5.74, 6) is 0. The molecule has 0 aliphatic heterocycles. The highest BCUT2D eigenvalue weighted by Crippen LogP contribution is 2.36. The van der Waals surface area contributed by atoms with Crippen molar-refractivity contribution in [1.29, 1.82) is 0 Å². The lowest BCUT2D eigenvalue weighted by Crippen LogP contribution is -2.11. The van der Waals surface area contributed by atoms with Gasteiger partial charge in [-0.3, -0.25) is 0 Å². The minimum Gasteiger partial charge on any atom is -0.344 e. The van der Waals surface area contributed by atoms with E-state index in [2.05, 4.69) is 0 Å². The number of aryl methyl sites for hydroxylation is 1. The first-order valence-corrected chi connectivity index (χ1v) is 5.89. The molecular formula is C17H19N. The van der Waals surface area contributed by atoms with Crippen LogP contribution >= 0.6 is 0 Å². The smallest absolute Gasteiger partial charge is 0.0645 e. The maximum atomic E-state index is 8.37. The Morgan fingerprint density at radius 2 is 1.61 bits per heavy atom. The van der Waals surface area contributed by atoms with Crippen LogP contribution in [0.2, 0.25) is 0 Å². The van der Waals surface area contributed by atoms with Crippen molar-refractivity contribution in [3.8, 4) is 0 Å². The van der Waals surface area contributed by atoms with Crippen LogP contribution in [0.5, 0.6) is 0 Å². The van der Waals surface area contributed by atoms with E-state index in [1.54, 1.807) is 11.6 Å². The molecule has 0 saturated heterocycles. The van der Waals surface area contributed by atoms with Crippen molar-refractivity contribution in [2.45, 2.75) is 26.2 Å². The van der Waals surface area contributed by atoms with Gasteiger partial charge in [-0.1, -0.05) is 51.0 Å². The van der Waals surface area contributed by atoms with Crippen molar-refractivity contribution >= 4 is 21.8 Å². The molecule has 0 amide bonds. The van der Waals surface area contributed by atoms with Crippen molar-refractivity contribution < 1.29 is 9.60 Å². The van der Waals surface area contributed by atoms with Gasteiger partial charge in [-0.25, -0.2) is 0 Å². The van der Waals surface area contributed by atoms with Crippen LogP contribution < -0.4 is 0 Å². The van der Waals surface area contributed by atoms with Gasteiger partial charge in [0.25, 0.3) is 0 Å². The molecule has 1 heterocycles.